The van der Waals surface area contributed by atoms with Crippen LogP contribution in [0.5, 0.6) is 0 Å². The van der Waals surface area contributed by atoms with Crippen LogP contribution in [-0.4, -0.2) is 31.1 Å². The van der Waals surface area contributed by atoms with Gasteiger partial charge in [0.2, 0.25) is 10.0 Å². The average Bonchev–Trinajstić information content (AvgIpc) is 3.12. The van der Waals surface area contributed by atoms with E-state index in [1.54, 1.807) is 16.4 Å². The van der Waals surface area contributed by atoms with E-state index in [4.69, 9.17) is 0 Å². The number of Topliss-reactive ketones (excluding diaryl/α,β-unsaturated/α-hetero) is 1. The van der Waals surface area contributed by atoms with Gasteiger partial charge < -0.3 is 0 Å². The van der Waals surface area contributed by atoms with Gasteiger partial charge in [0.15, 0.2) is 5.78 Å². The van der Waals surface area contributed by atoms with Gasteiger partial charge >= 0.3 is 0 Å². The SMILES string of the molecule is Cc1ccc(S(=O)(=O)N2CC3=C(c4ccccc4)C(=O)C[C@@H]3[C@H]2C)cc1. The summed E-state index contributed by atoms with van der Waals surface area (Å²) < 4.78 is 27.8. The minimum absolute atomic E-state index is 0.0297. The van der Waals surface area contributed by atoms with Crippen molar-refractivity contribution in [2.45, 2.75) is 31.2 Å². The van der Waals surface area contributed by atoms with Gasteiger partial charge in [-0.1, -0.05) is 48.0 Å². The first-order valence-corrected chi connectivity index (χ1v) is 10.2. The van der Waals surface area contributed by atoms with Gasteiger partial charge in [-0.05, 0) is 37.1 Å². The Hall–Kier alpha value is -2.24. The zero-order valence-electron chi connectivity index (χ0n) is 14.8. The Balaban J connectivity index is 1.75. The van der Waals surface area contributed by atoms with E-state index >= 15 is 0 Å². The first-order valence-electron chi connectivity index (χ1n) is 8.80. The number of hydrogen-bond acceptors (Lipinski definition) is 3. The summed E-state index contributed by atoms with van der Waals surface area (Å²) in [5.74, 6) is 0.0911. The first kappa shape index (κ1) is 17.2. The number of fused-ring (bicyclic) bond motifs is 1. The lowest BCUT2D eigenvalue weighted by Crippen LogP contribution is -2.36. The van der Waals surface area contributed by atoms with E-state index in [1.165, 1.54) is 0 Å². The second-order valence-corrected chi connectivity index (χ2v) is 8.99. The fraction of sp³-hybridized carbons (Fsp3) is 0.286. The molecule has 2 aromatic carbocycles. The predicted octanol–water partition coefficient (Wildman–Crippen LogP) is 3.43. The highest BCUT2D eigenvalue weighted by molar-refractivity contribution is 7.89. The highest BCUT2D eigenvalue weighted by Crippen LogP contribution is 2.45. The van der Waals surface area contributed by atoms with Gasteiger partial charge in [-0.2, -0.15) is 4.31 Å². The van der Waals surface area contributed by atoms with Crippen LogP contribution in [0.3, 0.4) is 0 Å². The summed E-state index contributed by atoms with van der Waals surface area (Å²) in [5.41, 5.74) is 3.58. The van der Waals surface area contributed by atoms with Gasteiger partial charge in [-0.15, -0.1) is 0 Å². The number of ketones is 1. The van der Waals surface area contributed by atoms with Crippen LogP contribution in [0.4, 0.5) is 0 Å². The Morgan fingerprint density at radius 1 is 1.00 bits per heavy atom. The molecule has 134 valence electrons. The molecule has 2 aliphatic rings. The summed E-state index contributed by atoms with van der Waals surface area (Å²) in [4.78, 5) is 12.9. The van der Waals surface area contributed by atoms with Crippen molar-refractivity contribution in [3.63, 3.8) is 0 Å². The van der Waals surface area contributed by atoms with Gasteiger partial charge in [0.1, 0.15) is 0 Å². The van der Waals surface area contributed by atoms with E-state index in [1.807, 2.05) is 56.3 Å². The summed E-state index contributed by atoms with van der Waals surface area (Å²) in [6, 6.07) is 16.3. The second kappa shape index (κ2) is 6.18. The summed E-state index contributed by atoms with van der Waals surface area (Å²) in [5, 5.41) is 0. The van der Waals surface area contributed by atoms with Gasteiger partial charge in [0, 0.05) is 30.5 Å². The molecule has 4 rings (SSSR count). The molecule has 0 aromatic heterocycles. The van der Waals surface area contributed by atoms with Gasteiger partial charge in [-0.25, -0.2) is 8.42 Å². The van der Waals surface area contributed by atoms with Crippen LogP contribution in [0, 0.1) is 12.8 Å². The van der Waals surface area contributed by atoms with E-state index in [-0.39, 0.29) is 24.3 Å². The highest BCUT2D eigenvalue weighted by Gasteiger charge is 2.47. The number of hydrogen-bond donors (Lipinski definition) is 0. The maximum absolute atomic E-state index is 13.1. The van der Waals surface area contributed by atoms with Gasteiger partial charge in [-0.3, -0.25) is 4.79 Å². The molecule has 0 spiro atoms. The number of benzene rings is 2. The fourth-order valence-corrected chi connectivity index (χ4v) is 5.71. The second-order valence-electron chi connectivity index (χ2n) is 7.10. The Morgan fingerprint density at radius 3 is 2.31 bits per heavy atom. The van der Waals surface area contributed by atoms with Crippen LogP contribution < -0.4 is 0 Å². The van der Waals surface area contributed by atoms with Crippen molar-refractivity contribution in [3.8, 4) is 0 Å². The molecule has 1 aliphatic heterocycles. The molecule has 0 unspecified atom stereocenters. The van der Waals surface area contributed by atoms with Crippen LogP contribution in [0.25, 0.3) is 5.57 Å². The van der Waals surface area contributed by atoms with Crippen LogP contribution >= 0.6 is 0 Å². The molecule has 0 N–H and O–H groups in total. The van der Waals surface area contributed by atoms with E-state index < -0.39 is 10.0 Å². The quantitative estimate of drug-likeness (QED) is 0.835. The summed E-state index contributed by atoms with van der Waals surface area (Å²) in [6.07, 6.45) is 0.390. The summed E-state index contributed by atoms with van der Waals surface area (Å²) in [7, 11) is -3.58. The number of carbonyl (C=O) groups excluding carboxylic acids is 1. The molecule has 5 heteroatoms. The molecule has 0 bridgehead atoms. The van der Waals surface area contributed by atoms with Gasteiger partial charge in [0.25, 0.3) is 0 Å². The molecular formula is C21H21NO3S. The van der Waals surface area contributed by atoms with Crippen molar-refractivity contribution in [3.05, 3.63) is 71.3 Å². The number of allylic oxidation sites excluding steroid dienone is 1. The van der Waals surface area contributed by atoms with Crippen molar-refractivity contribution < 1.29 is 13.2 Å². The van der Waals surface area contributed by atoms with E-state index in [0.29, 0.717) is 16.9 Å². The predicted molar refractivity (Wildman–Crippen MR) is 101 cm³/mol. The normalized spacial score (nSPS) is 23.5. The topological polar surface area (TPSA) is 54.5 Å². The van der Waals surface area contributed by atoms with Crippen molar-refractivity contribution >= 4 is 21.4 Å². The number of rotatable bonds is 3. The molecule has 2 atom stereocenters. The maximum Gasteiger partial charge on any atom is 0.243 e. The minimum Gasteiger partial charge on any atom is -0.294 e. The molecule has 1 heterocycles. The molecule has 0 radical (unpaired) electrons. The molecule has 0 amide bonds. The maximum atomic E-state index is 13.1. The monoisotopic (exact) mass is 367 g/mol. The largest absolute Gasteiger partial charge is 0.294 e. The third kappa shape index (κ3) is 2.63. The molecule has 26 heavy (non-hydrogen) atoms. The van der Waals surface area contributed by atoms with E-state index in [2.05, 4.69) is 0 Å². The zero-order valence-corrected chi connectivity index (χ0v) is 15.7. The van der Waals surface area contributed by atoms with E-state index in [0.717, 1.165) is 16.7 Å². The lowest BCUT2D eigenvalue weighted by molar-refractivity contribution is -0.113. The molecule has 0 saturated carbocycles. The standard InChI is InChI=1S/C21H21NO3S/c1-14-8-10-17(11-9-14)26(24,25)22-13-19-18(15(22)2)12-20(23)21(19)16-6-4-3-5-7-16/h3-11,15,18H,12-13H2,1-2H3/t15-,18-/m1/s1. The average molecular weight is 367 g/mol. The number of nitrogens with zero attached hydrogens (tertiary/aromatic N) is 1. The van der Waals surface area contributed by atoms with Gasteiger partial charge in [0.05, 0.1) is 4.90 Å². The Kier molecular flexibility index (Phi) is 4.09. The first-order chi connectivity index (χ1) is 12.4. The van der Waals surface area contributed by atoms with Crippen LogP contribution in [0.15, 0.2) is 65.1 Å². The zero-order chi connectivity index (χ0) is 18.5. The van der Waals surface area contributed by atoms with Crippen LogP contribution in [0.2, 0.25) is 0 Å². The third-order valence-corrected chi connectivity index (χ3v) is 7.45. The molecule has 1 aliphatic carbocycles. The summed E-state index contributed by atoms with van der Waals surface area (Å²) in [6.45, 7) is 4.13. The molecule has 4 nitrogen and oxygen atoms in total. The molecule has 1 saturated heterocycles. The minimum atomic E-state index is -3.58. The van der Waals surface area contributed by atoms with Crippen molar-refractivity contribution in [1.29, 1.82) is 0 Å². The lowest BCUT2D eigenvalue weighted by Gasteiger charge is -2.23. The Morgan fingerprint density at radius 2 is 1.65 bits per heavy atom. The highest BCUT2D eigenvalue weighted by atomic mass is 32.2. The molecular weight excluding hydrogens is 346 g/mol. The van der Waals surface area contributed by atoms with Crippen LogP contribution in [0.1, 0.15) is 24.5 Å². The number of sulfonamides is 1. The van der Waals surface area contributed by atoms with Crippen molar-refractivity contribution in [2.75, 3.05) is 6.54 Å². The number of aryl methyl sites for hydroxylation is 1. The Labute approximate surface area is 154 Å². The van der Waals surface area contributed by atoms with Crippen LogP contribution in [-0.2, 0) is 14.8 Å². The molecule has 2 aromatic rings. The van der Waals surface area contributed by atoms with E-state index in [9.17, 15) is 13.2 Å². The fourth-order valence-electron chi connectivity index (χ4n) is 4.06. The van der Waals surface area contributed by atoms with Crippen molar-refractivity contribution in [2.24, 2.45) is 5.92 Å². The lowest BCUT2D eigenvalue weighted by atomic mass is 9.97. The third-order valence-electron chi connectivity index (χ3n) is 5.51. The Bertz CT molecular complexity index is 991. The number of carbonyl (C=O) groups is 1. The van der Waals surface area contributed by atoms with Crippen molar-refractivity contribution in [1.82, 2.24) is 4.31 Å². The summed E-state index contributed by atoms with van der Waals surface area (Å²) >= 11 is 0. The smallest absolute Gasteiger partial charge is 0.243 e. The molecule has 1 fully saturated rings.